The number of amides is 1. The van der Waals surface area contributed by atoms with E-state index in [1.165, 1.54) is 6.07 Å². The zero-order valence-electron chi connectivity index (χ0n) is 14.5. The van der Waals surface area contributed by atoms with E-state index >= 15 is 0 Å². The zero-order chi connectivity index (χ0) is 18.4. The fraction of sp³-hybridized carbons (Fsp3) is 0.190. The summed E-state index contributed by atoms with van der Waals surface area (Å²) in [6.45, 7) is 2.42. The summed E-state index contributed by atoms with van der Waals surface area (Å²) in [5.74, 6) is 0.273. The number of anilines is 1. The van der Waals surface area contributed by atoms with Gasteiger partial charge in [-0.05, 0) is 43.3 Å². The van der Waals surface area contributed by atoms with Gasteiger partial charge in [-0.25, -0.2) is 4.39 Å². The van der Waals surface area contributed by atoms with Gasteiger partial charge in [0, 0.05) is 5.69 Å². The molecule has 4 nitrogen and oxygen atoms in total. The van der Waals surface area contributed by atoms with Crippen molar-refractivity contribution in [1.82, 2.24) is 0 Å². The SMILES string of the molecule is Cc1ccc(N(Cc2ccco2)C(=O)CCOc2ccccc2F)cc1. The number of halogens is 1. The van der Waals surface area contributed by atoms with E-state index in [0.29, 0.717) is 12.3 Å². The van der Waals surface area contributed by atoms with Crippen LogP contribution in [-0.4, -0.2) is 12.5 Å². The first-order valence-electron chi connectivity index (χ1n) is 8.40. The van der Waals surface area contributed by atoms with Gasteiger partial charge in [-0.2, -0.15) is 0 Å². The number of furan rings is 1. The Labute approximate surface area is 151 Å². The maximum absolute atomic E-state index is 13.6. The number of ether oxygens (including phenoxy) is 1. The van der Waals surface area contributed by atoms with Crippen LogP contribution in [0.2, 0.25) is 0 Å². The Morgan fingerprint density at radius 3 is 2.54 bits per heavy atom. The molecule has 1 aromatic heterocycles. The fourth-order valence-electron chi connectivity index (χ4n) is 2.55. The standard InChI is InChI=1S/C21H20FNO3/c1-16-8-10-17(11-9-16)23(15-18-5-4-13-25-18)21(24)12-14-26-20-7-3-2-6-19(20)22/h2-11,13H,12,14-15H2,1H3. The number of aryl methyl sites for hydroxylation is 1. The molecule has 2 aromatic carbocycles. The maximum Gasteiger partial charge on any atom is 0.230 e. The lowest BCUT2D eigenvalue weighted by Crippen LogP contribution is -2.31. The number of nitrogens with zero attached hydrogens (tertiary/aromatic N) is 1. The predicted octanol–water partition coefficient (Wildman–Crippen LogP) is 4.73. The Morgan fingerprint density at radius 1 is 1.08 bits per heavy atom. The molecular weight excluding hydrogens is 333 g/mol. The minimum Gasteiger partial charge on any atom is -0.490 e. The van der Waals surface area contributed by atoms with Crippen molar-refractivity contribution in [3.63, 3.8) is 0 Å². The van der Waals surface area contributed by atoms with Crippen LogP contribution in [0.5, 0.6) is 5.75 Å². The topological polar surface area (TPSA) is 42.7 Å². The van der Waals surface area contributed by atoms with E-state index < -0.39 is 5.82 Å². The fourth-order valence-corrected chi connectivity index (χ4v) is 2.55. The summed E-state index contributed by atoms with van der Waals surface area (Å²) in [6, 6.07) is 17.5. The average Bonchev–Trinajstić information content (AvgIpc) is 3.15. The Balaban J connectivity index is 1.68. The predicted molar refractivity (Wildman–Crippen MR) is 97.6 cm³/mol. The van der Waals surface area contributed by atoms with Crippen LogP contribution >= 0.6 is 0 Å². The molecule has 0 spiro atoms. The van der Waals surface area contributed by atoms with Crippen molar-refractivity contribution in [2.24, 2.45) is 0 Å². The Bertz CT molecular complexity index is 844. The number of benzene rings is 2. The van der Waals surface area contributed by atoms with Crippen molar-refractivity contribution >= 4 is 11.6 Å². The van der Waals surface area contributed by atoms with Gasteiger partial charge in [0.15, 0.2) is 11.6 Å². The van der Waals surface area contributed by atoms with Gasteiger partial charge in [0.05, 0.1) is 25.8 Å². The molecule has 0 saturated carbocycles. The first kappa shape index (κ1) is 17.7. The van der Waals surface area contributed by atoms with Gasteiger partial charge < -0.3 is 14.1 Å². The summed E-state index contributed by atoms with van der Waals surface area (Å²) >= 11 is 0. The molecule has 3 aromatic rings. The Morgan fingerprint density at radius 2 is 1.85 bits per heavy atom. The number of hydrogen-bond acceptors (Lipinski definition) is 3. The van der Waals surface area contributed by atoms with Crippen molar-refractivity contribution in [1.29, 1.82) is 0 Å². The summed E-state index contributed by atoms with van der Waals surface area (Å²) in [5.41, 5.74) is 1.89. The second kappa shape index (κ2) is 8.34. The van der Waals surface area contributed by atoms with E-state index in [1.54, 1.807) is 35.4 Å². The lowest BCUT2D eigenvalue weighted by Gasteiger charge is -2.22. The molecule has 26 heavy (non-hydrogen) atoms. The molecule has 0 atom stereocenters. The van der Waals surface area contributed by atoms with Crippen LogP contribution in [0, 0.1) is 12.7 Å². The molecule has 1 heterocycles. The quantitative estimate of drug-likeness (QED) is 0.617. The first-order valence-corrected chi connectivity index (χ1v) is 8.40. The van der Waals surface area contributed by atoms with Crippen LogP contribution < -0.4 is 9.64 Å². The molecule has 0 aliphatic carbocycles. The second-order valence-electron chi connectivity index (χ2n) is 5.92. The van der Waals surface area contributed by atoms with Gasteiger partial charge in [0.25, 0.3) is 0 Å². The van der Waals surface area contributed by atoms with E-state index in [4.69, 9.17) is 9.15 Å². The number of hydrogen-bond donors (Lipinski definition) is 0. The minimum atomic E-state index is -0.439. The van der Waals surface area contributed by atoms with E-state index in [-0.39, 0.29) is 24.7 Å². The Hall–Kier alpha value is -3.08. The molecule has 0 saturated heterocycles. The highest BCUT2D eigenvalue weighted by Gasteiger charge is 2.18. The van der Waals surface area contributed by atoms with Gasteiger partial charge in [0.1, 0.15) is 5.76 Å². The van der Waals surface area contributed by atoms with Crippen LogP contribution in [0.25, 0.3) is 0 Å². The molecule has 0 N–H and O–H groups in total. The number of rotatable bonds is 7. The highest BCUT2D eigenvalue weighted by molar-refractivity contribution is 5.93. The third-order valence-corrected chi connectivity index (χ3v) is 3.95. The van der Waals surface area contributed by atoms with Crippen molar-refractivity contribution in [2.45, 2.75) is 19.9 Å². The van der Waals surface area contributed by atoms with Gasteiger partial charge >= 0.3 is 0 Å². The van der Waals surface area contributed by atoms with E-state index in [9.17, 15) is 9.18 Å². The van der Waals surface area contributed by atoms with Gasteiger partial charge in [-0.1, -0.05) is 29.8 Å². The normalized spacial score (nSPS) is 10.5. The number of para-hydroxylation sites is 1. The second-order valence-corrected chi connectivity index (χ2v) is 5.92. The minimum absolute atomic E-state index is 0.0975. The molecule has 5 heteroatoms. The molecule has 0 fully saturated rings. The highest BCUT2D eigenvalue weighted by atomic mass is 19.1. The van der Waals surface area contributed by atoms with Crippen LogP contribution in [0.1, 0.15) is 17.7 Å². The molecule has 0 aliphatic rings. The average molecular weight is 353 g/mol. The molecular formula is C21H20FNO3. The summed E-state index contributed by atoms with van der Waals surface area (Å²) in [7, 11) is 0. The summed E-state index contributed by atoms with van der Waals surface area (Å²) in [6.07, 6.45) is 1.71. The molecule has 0 unspecified atom stereocenters. The maximum atomic E-state index is 13.6. The molecule has 0 radical (unpaired) electrons. The van der Waals surface area contributed by atoms with Crippen molar-refractivity contribution in [2.75, 3.05) is 11.5 Å². The van der Waals surface area contributed by atoms with Crippen molar-refractivity contribution in [3.05, 3.63) is 84.1 Å². The van der Waals surface area contributed by atoms with Crippen molar-refractivity contribution < 1.29 is 18.3 Å². The third-order valence-electron chi connectivity index (χ3n) is 3.95. The molecule has 0 aliphatic heterocycles. The number of carbonyl (C=O) groups excluding carboxylic acids is 1. The lowest BCUT2D eigenvalue weighted by atomic mass is 10.2. The Kier molecular flexibility index (Phi) is 5.69. The summed E-state index contributed by atoms with van der Waals surface area (Å²) in [5, 5.41) is 0. The van der Waals surface area contributed by atoms with Gasteiger partial charge in [-0.3, -0.25) is 4.79 Å². The largest absolute Gasteiger partial charge is 0.490 e. The molecule has 0 bridgehead atoms. The highest BCUT2D eigenvalue weighted by Crippen LogP contribution is 2.20. The summed E-state index contributed by atoms with van der Waals surface area (Å²) in [4.78, 5) is 14.4. The zero-order valence-corrected chi connectivity index (χ0v) is 14.5. The van der Waals surface area contributed by atoms with Crippen LogP contribution in [0.15, 0.2) is 71.3 Å². The molecule has 1 amide bonds. The van der Waals surface area contributed by atoms with Crippen LogP contribution in [-0.2, 0) is 11.3 Å². The van der Waals surface area contributed by atoms with Gasteiger partial charge in [-0.15, -0.1) is 0 Å². The molecule has 3 rings (SSSR count). The van der Waals surface area contributed by atoms with E-state index in [0.717, 1.165) is 11.3 Å². The first-order chi connectivity index (χ1) is 12.6. The van der Waals surface area contributed by atoms with Crippen LogP contribution in [0.4, 0.5) is 10.1 Å². The number of carbonyl (C=O) groups is 1. The molecule has 134 valence electrons. The lowest BCUT2D eigenvalue weighted by molar-refractivity contribution is -0.119. The smallest absolute Gasteiger partial charge is 0.230 e. The van der Waals surface area contributed by atoms with Crippen LogP contribution in [0.3, 0.4) is 0 Å². The van der Waals surface area contributed by atoms with Gasteiger partial charge in [0.2, 0.25) is 5.91 Å². The monoisotopic (exact) mass is 353 g/mol. The third kappa shape index (κ3) is 4.51. The summed E-state index contributed by atoms with van der Waals surface area (Å²) < 4.78 is 24.4. The van der Waals surface area contributed by atoms with E-state index in [2.05, 4.69) is 0 Å². The van der Waals surface area contributed by atoms with Crippen molar-refractivity contribution in [3.8, 4) is 5.75 Å². The van der Waals surface area contributed by atoms with E-state index in [1.807, 2.05) is 37.3 Å².